The second-order valence-corrected chi connectivity index (χ2v) is 7.60. The van der Waals surface area contributed by atoms with Gasteiger partial charge in [-0.1, -0.05) is 23.9 Å². The summed E-state index contributed by atoms with van der Waals surface area (Å²) in [6.45, 7) is 0.356. The fourth-order valence-corrected chi connectivity index (χ4v) is 3.60. The Balaban J connectivity index is 1.32. The maximum Gasteiger partial charge on any atom is 0.234 e. The van der Waals surface area contributed by atoms with Crippen molar-refractivity contribution >= 4 is 23.4 Å². The Hall–Kier alpha value is -3.85. The molecule has 162 valence electrons. The number of hydrogen-bond donors (Lipinski definition) is 1. The molecule has 0 radical (unpaired) electrons. The van der Waals surface area contributed by atoms with Crippen LogP contribution in [0.5, 0.6) is 11.5 Å². The Morgan fingerprint density at radius 2 is 1.94 bits per heavy atom. The van der Waals surface area contributed by atoms with E-state index in [-0.39, 0.29) is 11.7 Å². The maximum absolute atomic E-state index is 12.5. The number of nitrogens with zero attached hydrogens (tertiary/aromatic N) is 4. The van der Waals surface area contributed by atoms with Gasteiger partial charge in [0.2, 0.25) is 5.91 Å². The van der Waals surface area contributed by atoms with Crippen LogP contribution in [0, 0.1) is 0 Å². The highest BCUT2D eigenvalue weighted by Crippen LogP contribution is 2.22. The molecule has 2 heterocycles. The van der Waals surface area contributed by atoms with Crippen molar-refractivity contribution in [2.45, 2.75) is 11.8 Å². The van der Waals surface area contributed by atoms with Crippen molar-refractivity contribution in [3.63, 3.8) is 0 Å². The van der Waals surface area contributed by atoms with Gasteiger partial charge in [0.25, 0.3) is 0 Å². The number of nitrogens with one attached hydrogen (secondary N) is 1. The molecule has 4 aromatic rings. The minimum atomic E-state index is -0.152. The molecule has 0 saturated heterocycles. The van der Waals surface area contributed by atoms with Gasteiger partial charge in [0.15, 0.2) is 5.16 Å². The molecule has 0 fully saturated rings. The van der Waals surface area contributed by atoms with Gasteiger partial charge in [-0.3, -0.25) is 14.3 Å². The van der Waals surface area contributed by atoms with Gasteiger partial charge < -0.3 is 14.8 Å². The zero-order chi connectivity index (χ0) is 22.2. The second kappa shape index (κ2) is 10.5. The monoisotopic (exact) mass is 447 g/mol. The third kappa shape index (κ3) is 5.64. The number of thioether (sulfide) groups is 1. The molecule has 0 aliphatic carbocycles. The van der Waals surface area contributed by atoms with Gasteiger partial charge in [-0.25, -0.2) is 0 Å². The van der Waals surface area contributed by atoms with E-state index >= 15 is 0 Å². The number of anilines is 1. The fraction of sp³-hybridized carbons (Fsp3) is 0.130. The number of methoxy groups -OCH3 is 1. The number of pyridine rings is 1. The van der Waals surface area contributed by atoms with Crippen LogP contribution in [0.1, 0.15) is 5.69 Å². The largest absolute Gasteiger partial charge is 0.497 e. The number of carbonyl (C=O) groups is 1. The zero-order valence-electron chi connectivity index (χ0n) is 17.3. The van der Waals surface area contributed by atoms with Crippen molar-refractivity contribution in [1.29, 1.82) is 0 Å². The summed E-state index contributed by atoms with van der Waals surface area (Å²) in [5.74, 6) is 1.46. The molecule has 9 heteroatoms. The van der Waals surface area contributed by atoms with Crippen LogP contribution < -0.4 is 14.8 Å². The lowest BCUT2D eigenvalue weighted by Gasteiger charge is -2.09. The van der Waals surface area contributed by atoms with Crippen molar-refractivity contribution in [3.8, 4) is 17.2 Å². The Kier molecular flexibility index (Phi) is 6.98. The average molecular weight is 448 g/mol. The van der Waals surface area contributed by atoms with Crippen molar-refractivity contribution in [3.05, 3.63) is 84.9 Å². The van der Waals surface area contributed by atoms with Gasteiger partial charge in [-0.15, -0.1) is 10.2 Å². The number of aromatic nitrogens is 4. The summed E-state index contributed by atoms with van der Waals surface area (Å²) < 4.78 is 12.8. The molecule has 0 unspecified atom stereocenters. The average Bonchev–Trinajstić information content (AvgIpc) is 3.31. The Bertz CT molecular complexity index is 1170. The molecule has 0 spiro atoms. The lowest BCUT2D eigenvalue weighted by Crippen LogP contribution is -2.14. The van der Waals surface area contributed by atoms with Crippen molar-refractivity contribution < 1.29 is 14.3 Å². The van der Waals surface area contributed by atoms with E-state index in [4.69, 9.17) is 9.47 Å². The van der Waals surface area contributed by atoms with Crippen LogP contribution in [-0.4, -0.2) is 38.5 Å². The van der Waals surface area contributed by atoms with Gasteiger partial charge >= 0.3 is 0 Å². The topological polar surface area (TPSA) is 91.2 Å². The molecule has 0 bridgehead atoms. The Labute approximate surface area is 189 Å². The number of benzene rings is 2. The first-order valence-electron chi connectivity index (χ1n) is 9.81. The molecule has 2 aromatic heterocycles. The highest BCUT2D eigenvalue weighted by Gasteiger charge is 2.11. The van der Waals surface area contributed by atoms with Gasteiger partial charge in [0.05, 0.1) is 18.6 Å². The minimum absolute atomic E-state index is 0.152. The first-order chi connectivity index (χ1) is 15.7. The van der Waals surface area contributed by atoms with Crippen molar-refractivity contribution in [1.82, 2.24) is 19.7 Å². The molecule has 1 amide bonds. The third-order valence-electron chi connectivity index (χ3n) is 4.43. The quantitative estimate of drug-likeness (QED) is 0.388. The predicted molar refractivity (Wildman–Crippen MR) is 122 cm³/mol. The third-order valence-corrected chi connectivity index (χ3v) is 5.37. The van der Waals surface area contributed by atoms with E-state index in [1.165, 1.54) is 11.8 Å². The van der Waals surface area contributed by atoms with Crippen LogP contribution in [0.4, 0.5) is 5.69 Å². The van der Waals surface area contributed by atoms with Crippen LogP contribution in [0.25, 0.3) is 5.69 Å². The van der Waals surface area contributed by atoms with Crippen molar-refractivity contribution in [2.75, 3.05) is 18.2 Å². The lowest BCUT2D eigenvalue weighted by atomic mass is 10.3. The summed E-state index contributed by atoms with van der Waals surface area (Å²) >= 11 is 1.30. The number of rotatable bonds is 9. The maximum atomic E-state index is 12.5. The summed E-state index contributed by atoms with van der Waals surface area (Å²) in [6.07, 6.45) is 3.34. The SMILES string of the molecule is COc1ccc(-n2cnnc2SCC(=O)Nc2cccc(OCc3ccccn3)c2)cc1. The van der Waals surface area contributed by atoms with E-state index in [1.807, 2.05) is 65.2 Å². The second-order valence-electron chi connectivity index (χ2n) is 6.66. The minimum Gasteiger partial charge on any atom is -0.497 e. The molecule has 1 N–H and O–H groups in total. The number of ether oxygens (including phenoxy) is 2. The molecular weight excluding hydrogens is 426 g/mol. The highest BCUT2D eigenvalue weighted by molar-refractivity contribution is 7.99. The Morgan fingerprint density at radius 3 is 2.72 bits per heavy atom. The Morgan fingerprint density at radius 1 is 1.06 bits per heavy atom. The number of amides is 1. The van der Waals surface area contributed by atoms with Crippen LogP contribution in [0.15, 0.2) is 84.4 Å². The zero-order valence-corrected chi connectivity index (χ0v) is 18.2. The molecule has 4 rings (SSSR count). The van der Waals surface area contributed by atoms with Crippen molar-refractivity contribution in [2.24, 2.45) is 0 Å². The van der Waals surface area contributed by atoms with E-state index in [9.17, 15) is 4.79 Å². The fourth-order valence-electron chi connectivity index (χ4n) is 2.87. The summed E-state index contributed by atoms with van der Waals surface area (Å²) in [5, 5.41) is 11.6. The van der Waals surface area contributed by atoms with Gasteiger partial charge in [-0.2, -0.15) is 0 Å². The molecule has 8 nitrogen and oxygen atoms in total. The smallest absolute Gasteiger partial charge is 0.234 e. The molecule has 0 saturated carbocycles. The summed E-state index contributed by atoms with van der Waals surface area (Å²) in [7, 11) is 1.62. The number of hydrogen-bond acceptors (Lipinski definition) is 7. The van der Waals surface area contributed by atoms with Gasteiger partial charge in [0, 0.05) is 23.6 Å². The van der Waals surface area contributed by atoms with Crippen LogP contribution >= 0.6 is 11.8 Å². The molecule has 0 aliphatic heterocycles. The van der Waals surface area contributed by atoms with E-state index in [2.05, 4.69) is 20.5 Å². The van der Waals surface area contributed by atoms with Gasteiger partial charge in [0.1, 0.15) is 24.4 Å². The molecule has 32 heavy (non-hydrogen) atoms. The highest BCUT2D eigenvalue weighted by atomic mass is 32.2. The predicted octanol–water partition coefficient (Wildman–Crippen LogP) is 3.98. The standard InChI is InChI=1S/C23H21N5O3S/c1-30-20-10-8-19(9-11-20)28-16-25-27-23(28)32-15-22(29)26-17-6-4-7-21(13-17)31-14-18-5-2-3-12-24-18/h2-13,16H,14-15H2,1H3,(H,26,29). The van der Waals surface area contributed by atoms with E-state index in [0.717, 1.165) is 17.1 Å². The first kappa shape index (κ1) is 21.4. The molecule has 2 aromatic carbocycles. The van der Waals surface area contributed by atoms with Crippen LogP contribution in [0.3, 0.4) is 0 Å². The first-order valence-corrected chi connectivity index (χ1v) is 10.8. The van der Waals surface area contributed by atoms with E-state index in [1.54, 1.807) is 25.7 Å². The lowest BCUT2D eigenvalue weighted by molar-refractivity contribution is -0.113. The summed E-state index contributed by atoms with van der Waals surface area (Å²) in [4.78, 5) is 16.7. The summed E-state index contributed by atoms with van der Waals surface area (Å²) in [6, 6.07) is 20.5. The van der Waals surface area contributed by atoms with Crippen LogP contribution in [0.2, 0.25) is 0 Å². The summed E-state index contributed by atoms with van der Waals surface area (Å²) in [5.41, 5.74) is 2.38. The number of carbonyl (C=O) groups excluding carboxylic acids is 1. The van der Waals surface area contributed by atoms with E-state index < -0.39 is 0 Å². The normalized spacial score (nSPS) is 10.5. The molecule has 0 aliphatic rings. The van der Waals surface area contributed by atoms with Crippen LogP contribution in [-0.2, 0) is 11.4 Å². The molecule has 0 atom stereocenters. The van der Waals surface area contributed by atoms with E-state index in [0.29, 0.717) is 23.2 Å². The molecular formula is C23H21N5O3S. The van der Waals surface area contributed by atoms with Gasteiger partial charge in [-0.05, 0) is 48.5 Å².